The van der Waals surface area contributed by atoms with Crippen LogP contribution in [0.5, 0.6) is 0 Å². The van der Waals surface area contributed by atoms with E-state index in [1.165, 1.54) is 17.3 Å². The summed E-state index contributed by atoms with van der Waals surface area (Å²) in [5.74, 6) is -4.87. The summed E-state index contributed by atoms with van der Waals surface area (Å²) < 4.78 is 38.3. The second-order valence-electron chi connectivity index (χ2n) is 4.20. The third kappa shape index (κ3) is 2.89. The molecule has 104 valence electrons. The van der Waals surface area contributed by atoms with Gasteiger partial charge in [-0.25, -0.2) is 9.97 Å². The molecule has 0 aromatic carbocycles. The second kappa shape index (κ2) is 4.84. The Balaban J connectivity index is 2.23. The highest BCUT2D eigenvalue weighted by molar-refractivity contribution is 6.30. The van der Waals surface area contributed by atoms with Crippen LogP contribution in [0.4, 0.5) is 19.1 Å². The molecule has 0 bridgehead atoms. The molecular weight excluding hydrogens is 287 g/mol. The third-order valence-corrected chi connectivity index (χ3v) is 3.14. The predicted octanol–water partition coefficient (Wildman–Crippen LogP) is 1.83. The van der Waals surface area contributed by atoms with E-state index in [4.69, 9.17) is 16.7 Å². The van der Waals surface area contributed by atoms with Gasteiger partial charge in [0.15, 0.2) is 0 Å². The number of halogens is 4. The minimum absolute atomic E-state index is 0.0439. The van der Waals surface area contributed by atoms with Crippen LogP contribution in [0, 0.1) is 11.8 Å². The SMILES string of the molecule is O=C(O)C1CN(c2ncc(Cl)cn2)CC1C(F)(F)F. The number of aromatic nitrogens is 2. The number of nitrogens with zero attached hydrogens (tertiary/aromatic N) is 3. The fraction of sp³-hybridized carbons (Fsp3) is 0.500. The van der Waals surface area contributed by atoms with Crippen molar-refractivity contribution in [3.63, 3.8) is 0 Å². The van der Waals surface area contributed by atoms with Crippen LogP contribution in [0.25, 0.3) is 0 Å². The summed E-state index contributed by atoms with van der Waals surface area (Å²) in [5, 5.41) is 9.12. The maximum atomic E-state index is 12.8. The fourth-order valence-corrected chi connectivity index (χ4v) is 2.12. The smallest absolute Gasteiger partial charge is 0.394 e. The first-order chi connectivity index (χ1) is 8.79. The number of alkyl halides is 3. The van der Waals surface area contributed by atoms with Crippen LogP contribution in [0.15, 0.2) is 12.4 Å². The molecule has 0 radical (unpaired) electrons. The Morgan fingerprint density at radius 1 is 1.37 bits per heavy atom. The standard InChI is InChI=1S/C10H9ClF3N3O2/c11-5-1-15-9(16-2-5)17-3-6(8(18)19)7(4-17)10(12,13)14/h1-2,6-7H,3-4H2,(H,18,19). The second-order valence-corrected chi connectivity index (χ2v) is 4.64. The number of aliphatic carboxylic acids is 1. The Labute approximate surface area is 111 Å². The van der Waals surface area contributed by atoms with Crippen LogP contribution in [0.3, 0.4) is 0 Å². The van der Waals surface area contributed by atoms with Crippen molar-refractivity contribution < 1.29 is 23.1 Å². The molecular formula is C10H9ClF3N3O2. The van der Waals surface area contributed by atoms with Crippen molar-refractivity contribution in [2.24, 2.45) is 11.8 Å². The van der Waals surface area contributed by atoms with Gasteiger partial charge in [0.1, 0.15) is 0 Å². The molecule has 9 heteroatoms. The minimum atomic E-state index is -4.57. The van der Waals surface area contributed by atoms with Crippen LogP contribution in [0.2, 0.25) is 5.02 Å². The lowest BCUT2D eigenvalue weighted by Gasteiger charge is -2.18. The van der Waals surface area contributed by atoms with Gasteiger partial charge in [-0.15, -0.1) is 0 Å². The lowest BCUT2D eigenvalue weighted by molar-refractivity contribution is -0.187. The highest BCUT2D eigenvalue weighted by Gasteiger charge is 2.53. The van der Waals surface area contributed by atoms with Crippen LogP contribution < -0.4 is 4.90 Å². The number of hydrogen-bond acceptors (Lipinski definition) is 4. The molecule has 19 heavy (non-hydrogen) atoms. The van der Waals surface area contributed by atoms with Crippen LogP contribution in [-0.2, 0) is 4.79 Å². The molecule has 0 aliphatic carbocycles. The molecule has 0 amide bonds. The lowest BCUT2D eigenvalue weighted by atomic mass is 9.96. The summed E-state index contributed by atoms with van der Waals surface area (Å²) >= 11 is 5.58. The summed E-state index contributed by atoms with van der Waals surface area (Å²) in [6.45, 7) is -0.747. The molecule has 1 aromatic heterocycles. The molecule has 0 saturated carbocycles. The Bertz CT molecular complexity index is 480. The maximum Gasteiger partial charge on any atom is 0.394 e. The number of carboxylic acids is 1. The van der Waals surface area contributed by atoms with Crippen molar-refractivity contribution in [3.05, 3.63) is 17.4 Å². The Hall–Kier alpha value is -1.57. The normalized spacial score (nSPS) is 23.7. The van der Waals surface area contributed by atoms with E-state index in [-0.39, 0.29) is 17.5 Å². The van der Waals surface area contributed by atoms with Crippen molar-refractivity contribution in [1.29, 1.82) is 0 Å². The number of hydrogen-bond donors (Lipinski definition) is 1. The molecule has 2 unspecified atom stereocenters. The monoisotopic (exact) mass is 295 g/mol. The van der Waals surface area contributed by atoms with Crippen LogP contribution in [-0.4, -0.2) is 40.3 Å². The average molecular weight is 296 g/mol. The van der Waals surface area contributed by atoms with E-state index in [2.05, 4.69) is 9.97 Å². The van der Waals surface area contributed by atoms with Gasteiger partial charge in [-0.3, -0.25) is 4.79 Å². The largest absolute Gasteiger partial charge is 0.481 e. The number of carboxylic acid groups (broad SMARTS) is 1. The fourth-order valence-electron chi connectivity index (χ4n) is 2.02. The van der Waals surface area contributed by atoms with Crippen molar-refractivity contribution in [2.45, 2.75) is 6.18 Å². The highest BCUT2D eigenvalue weighted by atomic mass is 35.5. The van der Waals surface area contributed by atoms with E-state index in [0.29, 0.717) is 0 Å². The summed E-state index contributed by atoms with van der Waals surface area (Å²) in [7, 11) is 0. The molecule has 0 spiro atoms. The maximum absolute atomic E-state index is 12.8. The van der Waals surface area contributed by atoms with Crippen molar-refractivity contribution >= 4 is 23.5 Å². The molecule has 5 nitrogen and oxygen atoms in total. The summed E-state index contributed by atoms with van der Waals surface area (Å²) in [4.78, 5) is 19.7. The van der Waals surface area contributed by atoms with Gasteiger partial charge in [0.2, 0.25) is 5.95 Å². The van der Waals surface area contributed by atoms with Gasteiger partial charge in [-0.2, -0.15) is 13.2 Å². The summed E-state index contributed by atoms with van der Waals surface area (Å²) in [5.41, 5.74) is 0. The van der Waals surface area contributed by atoms with Gasteiger partial charge in [0.05, 0.1) is 29.3 Å². The molecule has 1 aliphatic rings. The van der Waals surface area contributed by atoms with Crippen molar-refractivity contribution in [3.8, 4) is 0 Å². The van der Waals surface area contributed by atoms with E-state index in [9.17, 15) is 18.0 Å². The Morgan fingerprint density at radius 2 is 1.95 bits per heavy atom. The lowest BCUT2D eigenvalue weighted by Crippen LogP contribution is -2.33. The quantitative estimate of drug-likeness (QED) is 0.901. The van der Waals surface area contributed by atoms with E-state index < -0.39 is 30.5 Å². The first kappa shape index (κ1) is 13.9. The first-order valence-electron chi connectivity index (χ1n) is 5.31. The van der Waals surface area contributed by atoms with Gasteiger partial charge in [0, 0.05) is 13.1 Å². The van der Waals surface area contributed by atoms with Crippen molar-refractivity contribution in [2.75, 3.05) is 18.0 Å². The molecule has 2 rings (SSSR count). The Kier molecular flexibility index (Phi) is 3.53. The molecule has 1 aliphatic heterocycles. The van der Waals surface area contributed by atoms with Gasteiger partial charge < -0.3 is 10.0 Å². The molecule has 1 aromatic rings. The van der Waals surface area contributed by atoms with Gasteiger partial charge >= 0.3 is 12.1 Å². The zero-order valence-corrected chi connectivity index (χ0v) is 10.2. The van der Waals surface area contributed by atoms with Gasteiger partial charge in [0.25, 0.3) is 0 Å². The third-order valence-electron chi connectivity index (χ3n) is 2.95. The van der Waals surface area contributed by atoms with Gasteiger partial charge in [-0.1, -0.05) is 11.6 Å². The Morgan fingerprint density at radius 3 is 2.37 bits per heavy atom. The zero-order chi connectivity index (χ0) is 14.2. The number of carbonyl (C=O) groups is 1. The highest BCUT2D eigenvalue weighted by Crippen LogP contribution is 2.38. The minimum Gasteiger partial charge on any atom is -0.481 e. The zero-order valence-electron chi connectivity index (χ0n) is 9.43. The van der Waals surface area contributed by atoms with E-state index in [1.807, 2.05) is 0 Å². The summed E-state index contributed by atoms with van der Waals surface area (Å²) in [6, 6.07) is 0. The molecule has 2 atom stereocenters. The molecule has 1 N–H and O–H groups in total. The topological polar surface area (TPSA) is 66.3 Å². The van der Waals surface area contributed by atoms with E-state index in [1.54, 1.807) is 0 Å². The van der Waals surface area contributed by atoms with E-state index in [0.717, 1.165) is 0 Å². The van der Waals surface area contributed by atoms with E-state index >= 15 is 0 Å². The molecule has 1 saturated heterocycles. The predicted molar refractivity (Wildman–Crippen MR) is 59.9 cm³/mol. The number of rotatable bonds is 2. The van der Waals surface area contributed by atoms with Crippen LogP contribution >= 0.6 is 11.6 Å². The number of anilines is 1. The average Bonchev–Trinajstić information content (AvgIpc) is 2.74. The van der Waals surface area contributed by atoms with Crippen LogP contribution in [0.1, 0.15) is 0 Å². The molecule has 1 fully saturated rings. The van der Waals surface area contributed by atoms with Crippen molar-refractivity contribution in [1.82, 2.24) is 9.97 Å². The molecule has 2 heterocycles. The summed E-state index contributed by atoms with van der Waals surface area (Å²) in [6.07, 6.45) is -2.06. The first-order valence-corrected chi connectivity index (χ1v) is 5.69. The van der Waals surface area contributed by atoms with Gasteiger partial charge in [-0.05, 0) is 0 Å².